The molecule has 1 aliphatic heterocycles. The van der Waals surface area contributed by atoms with E-state index in [0.717, 1.165) is 19.4 Å². The van der Waals surface area contributed by atoms with Crippen molar-refractivity contribution in [3.63, 3.8) is 0 Å². The summed E-state index contributed by atoms with van der Waals surface area (Å²) in [5.41, 5.74) is 6.02. The van der Waals surface area contributed by atoms with Gasteiger partial charge in [0.25, 0.3) is 0 Å². The van der Waals surface area contributed by atoms with E-state index in [-0.39, 0.29) is 12.1 Å². The molecule has 2 unspecified atom stereocenters. The lowest BCUT2D eigenvalue weighted by Crippen LogP contribution is -2.47. The van der Waals surface area contributed by atoms with E-state index in [4.69, 9.17) is 10.5 Å². The molecule has 7 heteroatoms. The number of nitrogens with two attached hydrogens (primary N) is 1. The number of nitro groups is 1. The molecule has 21 heavy (non-hydrogen) atoms. The lowest BCUT2D eigenvalue weighted by atomic mass is 9.98. The first-order valence-electron chi connectivity index (χ1n) is 6.95. The predicted octanol–water partition coefficient (Wildman–Crippen LogP) is 1.67. The van der Waals surface area contributed by atoms with Gasteiger partial charge >= 0.3 is 5.69 Å². The van der Waals surface area contributed by atoms with Gasteiger partial charge in [0.05, 0.1) is 11.0 Å². The normalized spacial score (nSPS) is 23.2. The van der Waals surface area contributed by atoms with Crippen LogP contribution in [-0.2, 0) is 11.3 Å². The monoisotopic (exact) mass is 297 g/mol. The fraction of sp³-hybridized carbons (Fsp3) is 0.571. The zero-order chi connectivity index (χ0) is 15.4. The summed E-state index contributed by atoms with van der Waals surface area (Å²) < 4.78 is 19.0. The van der Waals surface area contributed by atoms with Crippen molar-refractivity contribution in [2.75, 3.05) is 20.2 Å². The molecule has 2 rings (SSSR count). The Morgan fingerprint density at radius 3 is 2.90 bits per heavy atom. The topological polar surface area (TPSA) is 81.6 Å². The van der Waals surface area contributed by atoms with Crippen LogP contribution in [0.4, 0.5) is 10.1 Å². The minimum absolute atomic E-state index is 0.182. The molecule has 1 heterocycles. The summed E-state index contributed by atoms with van der Waals surface area (Å²) in [5, 5.41) is 10.6. The van der Waals surface area contributed by atoms with Crippen LogP contribution < -0.4 is 5.73 Å². The molecule has 0 radical (unpaired) electrons. The molecule has 2 N–H and O–H groups in total. The number of halogens is 1. The fourth-order valence-electron chi connectivity index (χ4n) is 2.76. The van der Waals surface area contributed by atoms with Crippen LogP contribution in [0.15, 0.2) is 18.2 Å². The molecule has 2 atom stereocenters. The number of rotatable bonds is 5. The Bertz CT molecular complexity index is 512. The maximum atomic E-state index is 13.6. The van der Waals surface area contributed by atoms with Crippen LogP contribution in [0.5, 0.6) is 0 Å². The molecule has 116 valence electrons. The van der Waals surface area contributed by atoms with Gasteiger partial charge in [-0.15, -0.1) is 0 Å². The van der Waals surface area contributed by atoms with E-state index in [1.807, 2.05) is 0 Å². The Morgan fingerprint density at radius 1 is 1.57 bits per heavy atom. The highest BCUT2D eigenvalue weighted by Gasteiger charge is 2.27. The van der Waals surface area contributed by atoms with Gasteiger partial charge in [-0.2, -0.15) is 4.39 Å². The van der Waals surface area contributed by atoms with Gasteiger partial charge in [-0.3, -0.25) is 15.0 Å². The van der Waals surface area contributed by atoms with E-state index in [1.165, 1.54) is 12.1 Å². The van der Waals surface area contributed by atoms with Crippen LogP contribution in [0.25, 0.3) is 0 Å². The lowest BCUT2D eigenvalue weighted by molar-refractivity contribution is -0.387. The first-order chi connectivity index (χ1) is 10.0. The second kappa shape index (κ2) is 6.93. The van der Waals surface area contributed by atoms with Crippen LogP contribution in [-0.4, -0.2) is 42.2 Å². The first-order valence-corrected chi connectivity index (χ1v) is 6.95. The molecule has 1 aromatic carbocycles. The summed E-state index contributed by atoms with van der Waals surface area (Å²) in [6, 6.07) is 4.22. The number of methoxy groups -OCH3 is 1. The van der Waals surface area contributed by atoms with Gasteiger partial charge < -0.3 is 10.5 Å². The summed E-state index contributed by atoms with van der Waals surface area (Å²) in [7, 11) is 1.69. The third kappa shape index (κ3) is 3.75. The number of nitro benzene ring substituents is 1. The molecule has 1 fully saturated rings. The maximum Gasteiger partial charge on any atom is 0.304 e. The average molecular weight is 297 g/mol. The quantitative estimate of drug-likeness (QED) is 0.660. The Morgan fingerprint density at radius 2 is 2.33 bits per heavy atom. The minimum atomic E-state index is -0.798. The average Bonchev–Trinajstić information content (AvgIpc) is 2.47. The molecule has 0 aliphatic carbocycles. The van der Waals surface area contributed by atoms with E-state index >= 15 is 0 Å². The van der Waals surface area contributed by atoms with Gasteiger partial charge in [0, 0.05) is 38.9 Å². The van der Waals surface area contributed by atoms with E-state index in [9.17, 15) is 14.5 Å². The van der Waals surface area contributed by atoms with Crippen molar-refractivity contribution < 1.29 is 14.1 Å². The highest BCUT2D eigenvalue weighted by Crippen LogP contribution is 2.23. The molecule has 1 aliphatic rings. The molecule has 6 nitrogen and oxygen atoms in total. The van der Waals surface area contributed by atoms with Crippen molar-refractivity contribution >= 4 is 5.69 Å². The molecular weight excluding hydrogens is 277 g/mol. The van der Waals surface area contributed by atoms with Gasteiger partial charge in [0.15, 0.2) is 0 Å². The van der Waals surface area contributed by atoms with E-state index in [0.29, 0.717) is 18.7 Å². The summed E-state index contributed by atoms with van der Waals surface area (Å²) in [5.74, 6) is -0.798. The van der Waals surface area contributed by atoms with E-state index in [1.54, 1.807) is 13.2 Å². The first kappa shape index (κ1) is 15.8. The van der Waals surface area contributed by atoms with Gasteiger partial charge in [0.2, 0.25) is 5.82 Å². The minimum Gasteiger partial charge on any atom is -0.381 e. The molecule has 0 bridgehead atoms. The van der Waals surface area contributed by atoms with Crippen molar-refractivity contribution in [3.8, 4) is 0 Å². The maximum absolute atomic E-state index is 13.6. The summed E-state index contributed by atoms with van der Waals surface area (Å²) in [6.45, 7) is 1.86. The number of hydrogen-bond donors (Lipinski definition) is 1. The number of ether oxygens (including phenoxy) is 1. The van der Waals surface area contributed by atoms with Crippen LogP contribution in [0.1, 0.15) is 18.4 Å². The third-order valence-electron chi connectivity index (χ3n) is 3.99. The molecule has 0 aromatic heterocycles. The Balaban J connectivity index is 2.07. The Labute approximate surface area is 122 Å². The highest BCUT2D eigenvalue weighted by atomic mass is 19.1. The van der Waals surface area contributed by atoms with Crippen molar-refractivity contribution in [2.24, 2.45) is 5.73 Å². The van der Waals surface area contributed by atoms with Gasteiger partial charge in [-0.05, 0) is 24.5 Å². The van der Waals surface area contributed by atoms with Crippen LogP contribution in [0.2, 0.25) is 0 Å². The largest absolute Gasteiger partial charge is 0.381 e. The second-order valence-corrected chi connectivity index (χ2v) is 5.28. The number of piperidine rings is 1. The standard InChI is InChI=1S/C14H20FN3O3/c1-21-12-4-5-17(11(7-12)8-16)9-10-2-3-14(18(19)20)13(15)6-10/h2-3,6,11-12H,4-5,7-9,16H2,1H3. The Hall–Kier alpha value is -1.57. The predicted molar refractivity (Wildman–Crippen MR) is 76.3 cm³/mol. The highest BCUT2D eigenvalue weighted by molar-refractivity contribution is 5.35. The Kier molecular flexibility index (Phi) is 5.22. The van der Waals surface area contributed by atoms with Crippen LogP contribution in [0, 0.1) is 15.9 Å². The number of likely N-dealkylation sites (tertiary alicyclic amines) is 1. The van der Waals surface area contributed by atoms with Crippen molar-refractivity contribution in [1.29, 1.82) is 0 Å². The van der Waals surface area contributed by atoms with E-state index in [2.05, 4.69) is 4.90 Å². The summed E-state index contributed by atoms with van der Waals surface area (Å²) in [6.07, 6.45) is 1.97. The number of hydrogen-bond acceptors (Lipinski definition) is 5. The van der Waals surface area contributed by atoms with E-state index < -0.39 is 16.4 Å². The second-order valence-electron chi connectivity index (χ2n) is 5.28. The van der Waals surface area contributed by atoms with Gasteiger partial charge in [-0.1, -0.05) is 6.07 Å². The van der Waals surface area contributed by atoms with Crippen molar-refractivity contribution in [1.82, 2.24) is 4.90 Å². The SMILES string of the molecule is COC1CCN(Cc2ccc([N+](=O)[O-])c(F)c2)C(CN)C1. The van der Waals surface area contributed by atoms with Crippen LogP contribution in [0.3, 0.4) is 0 Å². The van der Waals surface area contributed by atoms with Crippen LogP contribution >= 0.6 is 0 Å². The number of nitrogens with zero attached hydrogens (tertiary/aromatic N) is 2. The van der Waals surface area contributed by atoms with Gasteiger partial charge in [0.1, 0.15) is 0 Å². The number of benzene rings is 1. The molecule has 1 aromatic rings. The molecular formula is C14H20FN3O3. The third-order valence-corrected chi connectivity index (χ3v) is 3.99. The summed E-state index contributed by atoms with van der Waals surface area (Å²) in [4.78, 5) is 12.1. The zero-order valence-corrected chi connectivity index (χ0v) is 12.0. The lowest BCUT2D eigenvalue weighted by Gasteiger charge is -2.38. The summed E-state index contributed by atoms with van der Waals surface area (Å²) >= 11 is 0. The molecule has 0 spiro atoms. The van der Waals surface area contributed by atoms with Gasteiger partial charge in [-0.25, -0.2) is 0 Å². The zero-order valence-electron chi connectivity index (χ0n) is 12.0. The molecule has 0 amide bonds. The van der Waals surface area contributed by atoms with Crippen molar-refractivity contribution in [3.05, 3.63) is 39.7 Å². The molecule has 1 saturated heterocycles. The fourth-order valence-corrected chi connectivity index (χ4v) is 2.76. The smallest absolute Gasteiger partial charge is 0.304 e. The molecule has 0 saturated carbocycles. The van der Waals surface area contributed by atoms with Crippen molar-refractivity contribution in [2.45, 2.75) is 31.5 Å².